The van der Waals surface area contributed by atoms with Gasteiger partial charge in [0.2, 0.25) is 11.8 Å². The Bertz CT molecular complexity index is 514. The highest BCUT2D eigenvalue weighted by molar-refractivity contribution is 6.00. The highest BCUT2D eigenvalue weighted by Crippen LogP contribution is 2.27. The average Bonchev–Trinajstić information content (AvgIpc) is 2.81. The summed E-state index contributed by atoms with van der Waals surface area (Å²) in [6, 6.07) is 7.91. The average molecular weight is 276 g/mol. The molecule has 1 atom stereocenters. The zero-order chi connectivity index (χ0) is 14.7. The molecule has 1 heterocycles. The van der Waals surface area contributed by atoms with Gasteiger partial charge in [-0.3, -0.25) is 14.4 Å². The second-order valence-corrected chi connectivity index (χ2v) is 5.33. The molecule has 1 N–H and O–H groups in total. The van der Waals surface area contributed by atoms with Crippen LogP contribution in [0, 0.1) is 5.92 Å². The zero-order valence-corrected chi connectivity index (χ0v) is 12.1. The molecular weight excluding hydrogens is 256 g/mol. The van der Waals surface area contributed by atoms with Gasteiger partial charge in [-0.1, -0.05) is 26.0 Å². The molecule has 0 radical (unpaired) electrons. The monoisotopic (exact) mass is 276 g/mol. The minimum atomic E-state index is -0.356. The van der Waals surface area contributed by atoms with Gasteiger partial charge in [-0.25, -0.2) is 5.48 Å². The fourth-order valence-electron chi connectivity index (χ4n) is 2.37. The molecule has 2 rings (SSSR count). The van der Waals surface area contributed by atoms with Crippen molar-refractivity contribution in [3.05, 3.63) is 29.8 Å². The van der Waals surface area contributed by atoms with Crippen molar-refractivity contribution in [2.45, 2.75) is 26.2 Å². The number of nitrogens with zero attached hydrogens (tertiary/aromatic N) is 1. The number of hydroxylamine groups is 1. The summed E-state index contributed by atoms with van der Waals surface area (Å²) >= 11 is 0. The second kappa shape index (κ2) is 6.05. The minimum Gasteiger partial charge on any atom is -0.312 e. The molecule has 0 aromatic heterocycles. The topological polar surface area (TPSA) is 58.6 Å². The Morgan fingerprint density at radius 2 is 2.20 bits per heavy atom. The van der Waals surface area contributed by atoms with E-state index >= 15 is 0 Å². The summed E-state index contributed by atoms with van der Waals surface area (Å²) in [4.78, 5) is 30.1. The SMILES string of the molecule is CONC(=O)[C@@H]1CC(=O)N(c2cccc(C(C)C)c2)C1. The van der Waals surface area contributed by atoms with E-state index in [0.717, 1.165) is 5.69 Å². The van der Waals surface area contributed by atoms with Gasteiger partial charge in [0.05, 0.1) is 13.0 Å². The number of rotatable bonds is 4. The maximum Gasteiger partial charge on any atom is 0.248 e. The summed E-state index contributed by atoms with van der Waals surface area (Å²) in [6.07, 6.45) is 0.223. The Morgan fingerprint density at radius 1 is 1.45 bits per heavy atom. The number of hydrogen-bond donors (Lipinski definition) is 1. The molecular formula is C15H20N2O3. The van der Waals surface area contributed by atoms with Gasteiger partial charge >= 0.3 is 0 Å². The number of amides is 2. The van der Waals surface area contributed by atoms with Crippen molar-refractivity contribution in [3.8, 4) is 0 Å². The van der Waals surface area contributed by atoms with Crippen molar-refractivity contribution >= 4 is 17.5 Å². The van der Waals surface area contributed by atoms with Gasteiger partial charge < -0.3 is 4.90 Å². The summed E-state index contributed by atoms with van der Waals surface area (Å²) in [5.74, 6) is -0.226. The first kappa shape index (κ1) is 14.5. The number of anilines is 1. The van der Waals surface area contributed by atoms with Crippen LogP contribution in [0.5, 0.6) is 0 Å². The summed E-state index contributed by atoms with van der Waals surface area (Å²) < 4.78 is 0. The van der Waals surface area contributed by atoms with Crippen molar-refractivity contribution in [2.75, 3.05) is 18.6 Å². The first-order chi connectivity index (χ1) is 9.52. The maximum atomic E-state index is 12.1. The van der Waals surface area contributed by atoms with E-state index in [2.05, 4.69) is 24.2 Å². The molecule has 0 bridgehead atoms. The number of hydrogen-bond acceptors (Lipinski definition) is 3. The van der Waals surface area contributed by atoms with Crippen LogP contribution in [-0.2, 0) is 14.4 Å². The molecule has 0 aliphatic carbocycles. The van der Waals surface area contributed by atoms with Gasteiger partial charge in [-0.2, -0.15) is 0 Å². The highest BCUT2D eigenvalue weighted by atomic mass is 16.6. The molecule has 1 saturated heterocycles. The fraction of sp³-hybridized carbons (Fsp3) is 0.467. The first-order valence-corrected chi connectivity index (χ1v) is 6.76. The largest absolute Gasteiger partial charge is 0.312 e. The van der Waals surface area contributed by atoms with Gasteiger partial charge in [0, 0.05) is 18.7 Å². The van der Waals surface area contributed by atoms with Crippen LogP contribution in [0.4, 0.5) is 5.69 Å². The van der Waals surface area contributed by atoms with E-state index in [1.54, 1.807) is 4.90 Å². The molecule has 0 spiro atoms. The van der Waals surface area contributed by atoms with Crippen LogP contribution in [0.3, 0.4) is 0 Å². The van der Waals surface area contributed by atoms with Gasteiger partial charge in [0.1, 0.15) is 0 Å². The molecule has 1 aromatic carbocycles. The number of nitrogens with one attached hydrogen (secondary N) is 1. The standard InChI is InChI=1S/C15H20N2O3/c1-10(2)11-5-4-6-13(7-11)17-9-12(8-14(17)18)15(19)16-20-3/h4-7,10,12H,8-9H2,1-3H3,(H,16,19)/t12-/m1/s1. The van der Waals surface area contributed by atoms with E-state index in [4.69, 9.17) is 0 Å². The van der Waals surface area contributed by atoms with Crippen LogP contribution in [-0.4, -0.2) is 25.5 Å². The molecule has 2 amide bonds. The Balaban J connectivity index is 2.15. The van der Waals surface area contributed by atoms with E-state index in [1.165, 1.54) is 12.7 Å². The Kier molecular flexibility index (Phi) is 4.39. The third-order valence-corrected chi connectivity index (χ3v) is 3.55. The van der Waals surface area contributed by atoms with Gasteiger partial charge in [-0.05, 0) is 23.6 Å². The van der Waals surface area contributed by atoms with Gasteiger partial charge in [0.25, 0.3) is 0 Å². The third kappa shape index (κ3) is 2.99. The van der Waals surface area contributed by atoms with E-state index < -0.39 is 0 Å². The van der Waals surface area contributed by atoms with E-state index in [9.17, 15) is 9.59 Å². The van der Waals surface area contributed by atoms with Crippen LogP contribution >= 0.6 is 0 Å². The van der Waals surface area contributed by atoms with Crippen molar-refractivity contribution in [1.82, 2.24) is 5.48 Å². The van der Waals surface area contributed by atoms with Crippen molar-refractivity contribution in [3.63, 3.8) is 0 Å². The minimum absolute atomic E-state index is 0.0258. The molecule has 5 nitrogen and oxygen atoms in total. The van der Waals surface area contributed by atoms with Gasteiger partial charge in [0.15, 0.2) is 0 Å². The van der Waals surface area contributed by atoms with Crippen molar-refractivity contribution < 1.29 is 14.4 Å². The highest BCUT2D eigenvalue weighted by Gasteiger charge is 2.35. The van der Waals surface area contributed by atoms with E-state index in [-0.39, 0.29) is 24.2 Å². The molecule has 0 unspecified atom stereocenters. The Labute approximate surface area is 118 Å². The zero-order valence-electron chi connectivity index (χ0n) is 12.1. The normalized spacial score (nSPS) is 18.7. The first-order valence-electron chi connectivity index (χ1n) is 6.76. The predicted molar refractivity (Wildman–Crippen MR) is 76.1 cm³/mol. The lowest BCUT2D eigenvalue weighted by molar-refractivity contribution is -0.135. The Morgan fingerprint density at radius 3 is 2.85 bits per heavy atom. The van der Waals surface area contributed by atoms with Crippen LogP contribution in [0.2, 0.25) is 0 Å². The lowest BCUT2D eigenvalue weighted by Gasteiger charge is -2.18. The molecule has 1 aromatic rings. The molecule has 1 fully saturated rings. The smallest absolute Gasteiger partial charge is 0.248 e. The molecule has 1 aliphatic heterocycles. The lowest BCUT2D eigenvalue weighted by atomic mass is 10.0. The predicted octanol–water partition coefficient (Wildman–Crippen LogP) is 1.84. The van der Waals surface area contributed by atoms with Crippen molar-refractivity contribution in [1.29, 1.82) is 0 Å². The quantitative estimate of drug-likeness (QED) is 0.854. The maximum absolute atomic E-state index is 12.1. The summed E-state index contributed by atoms with van der Waals surface area (Å²) in [5, 5.41) is 0. The van der Waals surface area contributed by atoms with Crippen LogP contribution in [0.1, 0.15) is 31.7 Å². The molecule has 108 valence electrons. The molecule has 5 heteroatoms. The molecule has 1 aliphatic rings. The number of benzene rings is 1. The van der Waals surface area contributed by atoms with Gasteiger partial charge in [-0.15, -0.1) is 0 Å². The molecule has 0 saturated carbocycles. The van der Waals surface area contributed by atoms with Crippen LogP contribution < -0.4 is 10.4 Å². The Hall–Kier alpha value is -1.88. The number of carbonyl (C=O) groups excluding carboxylic acids is 2. The van der Waals surface area contributed by atoms with E-state index in [0.29, 0.717) is 12.5 Å². The second-order valence-electron chi connectivity index (χ2n) is 5.33. The third-order valence-electron chi connectivity index (χ3n) is 3.55. The van der Waals surface area contributed by atoms with Crippen LogP contribution in [0.25, 0.3) is 0 Å². The van der Waals surface area contributed by atoms with E-state index in [1.807, 2.05) is 24.3 Å². The summed E-state index contributed by atoms with van der Waals surface area (Å²) in [7, 11) is 1.39. The molecule has 20 heavy (non-hydrogen) atoms. The number of carbonyl (C=O) groups is 2. The van der Waals surface area contributed by atoms with Crippen molar-refractivity contribution in [2.24, 2.45) is 5.92 Å². The summed E-state index contributed by atoms with van der Waals surface area (Å²) in [5.41, 5.74) is 4.33. The fourth-order valence-corrected chi connectivity index (χ4v) is 2.37. The van der Waals surface area contributed by atoms with Crippen LogP contribution in [0.15, 0.2) is 24.3 Å². The summed E-state index contributed by atoms with van der Waals surface area (Å²) in [6.45, 7) is 4.62. The lowest BCUT2D eigenvalue weighted by Crippen LogP contribution is -2.32.